The molecule has 0 aliphatic carbocycles. The van der Waals surface area contributed by atoms with Crippen molar-refractivity contribution in [3.05, 3.63) is 76.7 Å². The van der Waals surface area contributed by atoms with Crippen LogP contribution >= 0.6 is 0 Å². The van der Waals surface area contributed by atoms with Gasteiger partial charge < -0.3 is 9.64 Å². The van der Waals surface area contributed by atoms with Gasteiger partial charge in [-0.3, -0.25) is 14.0 Å². The van der Waals surface area contributed by atoms with Crippen molar-refractivity contribution in [3.8, 4) is 5.88 Å². The number of aromatic nitrogens is 2. The van der Waals surface area contributed by atoms with Crippen LogP contribution in [0, 0.1) is 5.92 Å². The van der Waals surface area contributed by atoms with Crippen LogP contribution in [0.15, 0.2) is 65.6 Å². The number of fused-ring (bicyclic) bond motifs is 1. The SMILES string of the molecule is O=C(COc1cc(=O)n2ccccc2n1)N1CCC(Cc2ccccc2)CC1. The van der Waals surface area contributed by atoms with Crippen molar-refractivity contribution in [1.29, 1.82) is 0 Å². The minimum atomic E-state index is -0.227. The number of benzene rings is 1. The average Bonchev–Trinajstić information content (AvgIpc) is 2.73. The number of nitrogens with zero attached hydrogens (tertiary/aromatic N) is 3. The van der Waals surface area contributed by atoms with Crippen LogP contribution in [0.4, 0.5) is 0 Å². The highest BCUT2D eigenvalue weighted by Crippen LogP contribution is 2.21. The Hall–Kier alpha value is -3.15. The van der Waals surface area contributed by atoms with Gasteiger partial charge in [0.1, 0.15) is 5.65 Å². The van der Waals surface area contributed by atoms with Crippen LogP contribution in [0.25, 0.3) is 5.65 Å². The Bertz CT molecular complexity index is 1010. The van der Waals surface area contributed by atoms with E-state index in [0.29, 0.717) is 11.6 Å². The molecule has 28 heavy (non-hydrogen) atoms. The number of amides is 1. The van der Waals surface area contributed by atoms with Crippen molar-refractivity contribution in [3.63, 3.8) is 0 Å². The van der Waals surface area contributed by atoms with E-state index in [1.54, 1.807) is 24.4 Å². The lowest BCUT2D eigenvalue weighted by molar-refractivity contribution is -0.134. The molecule has 3 heterocycles. The number of hydrogen-bond donors (Lipinski definition) is 0. The third-order valence-electron chi connectivity index (χ3n) is 5.23. The largest absolute Gasteiger partial charge is 0.467 e. The molecule has 1 aromatic carbocycles. The Morgan fingerprint density at radius 2 is 1.82 bits per heavy atom. The van der Waals surface area contributed by atoms with E-state index < -0.39 is 0 Å². The molecule has 2 aromatic heterocycles. The van der Waals surface area contributed by atoms with Gasteiger partial charge in [0.25, 0.3) is 11.5 Å². The quantitative estimate of drug-likeness (QED) is 0.686. The third-order valence-corrected chi connectivity index (χ3v) is 5.23. The number of pyridine rings is 1. The highest BCUT2D eigenvalue weighted by atomic mass is 16.5. The first-order valence-corrected chi connectivity index (χ1v) is 9.62. The maximum Gasteiger partial charge on any atom is 0.261 e. The Balaban J connectivity index is 1.30. The predicted octanol–water partition coefficient (Wildman–Crippen LogP) is 2.55. The zero-order valence-corrected chi connectivity index (χ0v) is 15.7. The molecule has 0 unspecified atom stereocenters. The topological polar surface area (TPSA) is 63.9 Å². The zero-order chi connectivity index (χ0) is 19.3. The Kier molecular flexibility index (Phi) is 5.37. The first-order chi connectivity index (χ1) is 13.7. The first-order valence-electron chi connectivity index (χ1n) is 9.62. The van der Waals surface area contributed by atoms with E-state index in [1.165, 1.54) is 16.0 Å². The fourth-order valence-electron chi connectivity index (χ4n) is 3.67. The number of hydrogen-bond acceptors (Lipinski definition) is 4. The van der Waals surface area contributed by atoms with E-state index in [2.05, 4.69) is 29.2 Å². The van der Waals surface area contributed by atoms with Crippen LogP contribution in [-0.4, -0.2) is 39.9 Å². The summed E-state index contributed by atoms with van der Waals surface area (Å²) < 4.78 is 6.95. The molecule has 144 valence electrons. The van der Waals surface area contributed by atoms with Crippen LogP contribution < -0.4 is 10.3 Å². The second-order valence-electron chi connectivity index (χ2n) is 7.16. The van der Waals surface area contributed by atoms with E-state index in [4.69, 9.17) is 4.74 Å². The Labute approximate surface area is 163 Å². The number of likely N-dealkylation sites (tertiary alicyclic amines) is 1. The summed E-state index contributed by atoms with van der Waals surface area (Å²) in [6.45, 7) is 1.39. The number of piperidine rings is 1. The number of rotatable bonds is 5. The standard InChI is InChI=1S/C22H23N3O3/c26-21-15-20(23-19-8-4-5-11-25(19)21)28-16-22(27)24-12-9-18(10-13-24)14-17-6-2-1-3-7-17/h1-8,11,15,18H,9-10,12-14,16H2. The molecule has 1 saturated heterocycles. The lowest BCUT2D eigenvalue weighted by Crippen LogP contribution is -2.41. The Morgan fingerprint density at radius 3 is 2.61 bits per heavy atom. The van der Waals surface area contributed by atoms with Crippen molar-refractivity contribution in [2.45, 2.75) is 19.3 Å². The van der Waals surface area contributed by atoms with Gasteiger partial charge in [0, 0.05) is 19.3 Å². The van der Waals surface area contributed by atoms with Gasteiger partial charge in [0.15, 0.2) is 6.61 Å². The molecule has 0 radical (unpaired) electrons. The maximum absolute atomic E-state index is 12.5. The van der Waals surface area contributed by atoms with Crippen LogP contribution in [-0.2, 0) is 11.2 Å². The van der Waals surface area contributed by atoms with Crippen LogP contribution in [0.1, 0.15) is 18.4 Å². The molecule has 6 nitrogen and oxygen atoms in total. The summed E-state index contributed by atoms with van der Waals surface area (Å²) in [7, 11) is 0. The molecule has 0 saturated carbocycles. The van der Waals surface area contributed by atoms with Crippen LogP contribution in [0.5, 0.6) is 5.88 Å². The number of ether oxygens (including phenoxy) is 1. The lowest BCUT2D eigenvalue weighted by atomic mass is 9.90. The van der Waals surface area contributed by atoms with E-state index in [0.717, 1.165) is 32.4 Å². The van der Waals surface area contributed by atoms with Gasteiger partial charge in [-0.2, -0.15) is 4.98 Å². The molecule has 1 fully saturated rings. The normalized spacial score (nSPS) is 14.9. The summed E-state index contributed by atoms with van der Waals surface area (Å²) in [5, 5.41) is 0. The maximum atomic E-state index is 12.5. The fourth-order valence-corrected chi connectivity index (χ4v) is 3.67. The molecular weight excluding hydrogens is 354 g/mol. The minimum Gasteiger partial charge on any atom is -0.467 e. The molecule has 4 rings (SSSR count). The summed E-state index contributed by atoms with van der Waals surface area (Å²) in [5.74, 6) is 0.728. The summed E-state index contributed by atoms with van der Waals surface area (Å²) in [5.41, 5.74) is 1.62. The summed E-state index contributed by atoms with van der Waals surface area (Å²) in [6, 6.07) is 17.1. The number of carbonyl (C=O) groups excluding carboxylic acids is 1. The smallest absolute Gasteiger partial charge is 0.261 e. The predicted molar refractivity (Wildman–Crippen MR) is 106 cm³/mol. The van der Waals surface area contributed by atoms with E-state index >= 15 is 0 Å². The zero-order valence-electron chi connectivity index (χ0n) is 15.7. The van der Waals surface area contributed by atoms with Crippen molar-refractivity contribution in [2.75, 3.05) is 19.7 Å². The van der Waals surface area contributed by atoms with E-state index in [9.17, 15) is 9.59 Å². The second kappa shape index (κ2) is 8.25. The molecule has 1 amide bonds. The van der Waals surface area contributed by atoms with Gasteiger partial charge in [-0.1, -0.05) is 36.4 Å². The Morgan fingerprint density at radius 1 is 1.07 bits per heavy atom. The fraction of sp³-hybridized carbons (Fsp3) is 0.318. The monoisotopic (exact) mass is 377 g/mol. The van der Waals surface area contributed by atoms with Crippen molar-refractivity contribution in [2.24, 2.45) is 5.92 Å². The second-order valence-corrected chi connectivity index (χ2v) is 7.16. The van der Waals surface area contributed by atoms with Gasteiger partial charge in [-0.05, 0) is 42.9 Å². The molecule has 0 N–H and O–H groups in total. The molecule has 1 aliphatic rings. The summed E-state index contributed by atoms with van der Waals surface area (Å²) >= 11 is 0. The average molecular weight is 377 g/mol. The molecule has 0 bridgehead atoms. The van der Waals surface area contributed by atoms with Gasteiger partial charge >= 0.3 is 0 Å². The van der Waals surface area contributed by atoms with Crippen LogP contribution in [0.2, 0.25) is 0 Å². The highest BCUT2D eigenvalue weighted by Gasteiger charge is 2.23. The lowest BCUT2D eigenvalue weighted by Gasteiger charge is -2.32. The summed E-state index contributed by atoms with van der Waals surface area (Å²) in [4.78, 5) is 30.7. The molecule has 1 aliphatic heterocycles. The van der Waals surface area contributed by atoms with Crippen molar-refractivity contribution in [1.82, 2.24) is 14.3 Å². The van der Waals surface area contributed by atoms with Crippen LogP contribution in [0.3, 0.4) is 0 Å². The molecule has 0 spiro atoms. The summed E-state index contributed by atoms with van der Waals surface area (Å²) in [6.07, 6.45) is 4.70. The minimum absolute atomic E-state index is 0.0618. The number of carbonyl (C=O) groups is 1. The van der Waals surface area contributed by atoms with Gasteiger partial charge in [-0.25, -0.2) is 0 Å². The third kappa shape index (κ3) is 4.22. The van der Waals surface area contributed by atoms with Gasteiger partial charge in [0.05, 0.1) is 6.07 Å². The van der Waals surface area contributed by atoms with Gasteiger partial charge in [0.2, 0.25) is 5.88 Å². The molecule has 0 atom stereocenters. The molecule has 3 aromatic rings. The van der Waals surface area contributed by atoms with Crippen molar-refractivity contribution < 1.29 is 9.53 Å². The van der Waals surface area contributed by atoms with E-state index in [1.807, 2.05) is 11.0 Å². The van der Waals surface area contributed by atoms with E-state index in [-0.39, 0.29) is 24.0 Å². The molecule has 6 heteroatoms. The molecular formula is C22H23N3O3. The first kappa shape index (κ1) is 18.2. The van der Waals surface area contributed by atoms with Crippen molar-refractivity contribution >= 4 is 11.6 Å². The highest BCUT2D eigenvalue weighted by molar-refractivity contribution is 5.77. The van der Waals surface area contributed by atoms with Gasteiger partial charge in [-0.15, -0.1) is 0 Å².